The number of benzene rings is 1. The summed E-state index contributed by atoms with van der Waals surface area (Å²) in [4.78, 5) is 21.8. The number of nitrogens with zero attached hydrogens (tertiary/aromatic N) is 4. The first kappa shape index (κ1) is 18.3. The molecule has 0 N–H and O–H groups in total. The molecule has 6 heteroatoms. The minimum atomic E-state index is -0.316. The Balaban J connectivity index is 1.20. The minimum absolute atomic E-state index is 0.316. The Morgan fingerprint density at radius 2 is 2.00 bits per heavy atom. The van der Waals surface area contributed by atoms with Crippen LogP contribution in [0.15, 0.2) is 63.9 Å². The highest BCUT2D eigenvalue weighted by atomic mass is 16.4. The number of pyridine rings is 1. The number of allylic oxidation sites excluding steroid dienone is 1. The average Bonchev–Trinajstić information content (AvgIpc) is 3.55. The van der Waals surface area contributed by atoms with Gasteiger partial charge in [-0.05, 0) is 61.2 Å². The van der Waals surface area contributed by atoms with E-state index < -0.39 is 0 Å². The fraction of sp³-hybridized carbons (Fsp3) is 0.320. The first-order chi connectivity index (χ1) is 15.2. The predicted molar refractivity (Wildman–Crippen MR) is 119 cm³/mol. The average molecular weight is 410 g/mol. The van der Waals surface area contributed by atoms with E-state index >= 15 is 0 Å². The number of nitriles is 1. The van der Waals surface area contributed by atoms with E-state index in [-0.39, 0.29) is 5.63 Å². The third-order valence-corrected chi connectivity index (χ3v) is 6.99. The molecule has 6 rings (SSSR count). The van der Waals surface area contributed by atoms with Crippen LogP contribution in [0.2, 0.25) is 0 Å². The van der Waals surface area contributed by atoms with Crippen LogP contribution in [-0.4, -0.2) is 41.1 Å². The summed E-state index contributed by atoms with van der Waals surface area (Å²) in [5.41, 5.74) is 3.40. The van der Waals surface area contributed by atoms with Crippen LogP contribution in [-0.2, 0) is 0 Å². The van der Waals surface area contributed by atoms with Gasteiger partial charge in [-0.2, -0.15) is 5.26 Å². The van der Waals surface area contributed by atoms with E-state index in [9.17, 15) is 4.79 Å². The van der Waals surface area contributed by atoms with Gasteiger partial charge in [0.25, 0.3) is 0 Å². The summed E-state index contributed by atoms with van der Waals surface area (Å²) in [5, 5.41) is 9.55. The molecule has 31 heavy (non-hydrogen) atoms. The van der Waals surface area contributed by atoms with Crippen molar-refractivity contribution in [2.75, 3.05) is 18.0 Å². The maximum Gasteiger partial charge on any atom is 0.345 e. The topological polar surface area (TPSA) is 73.4 Å². The molecule has 4 heterocycles. The van der Waals surface area contributed by atoms with Gasteiger partial charge in [0.2, 0.25) is 0 Å². The Hall–Kier alpha value is -3.43. The molecule has 2 fully saturated rings. The smallest absolute Gasteiger partial charge is 0.345 e. The molecule has 3 aromatic rings. The Morgan fingerprint density at radius 1 is 1.13 bits per heavy atom. The maximum atomic E-state index is 12.3. The number of piperazine rings is 1. The van der Waals surface area contributed by atoms with E-state index in [0.29, 0.717) is 40.4 Å². The second-order valence-electron chi connectivity index (χ2n) is 8.68. The summed E-state index contributed by atoms with van der Waals surface area (Å²) in [5.74, 6) is 0.655. The number of aromatic nitrogens is 1. The fourth-order valence-electron chi connectivity index (χ4n) is 5.49. The summed E-state index contributed by atoms with van der Waals surface area (Å²) >= 11 is 0. The molecule has 3 atom stereocenters. The van der Waals surface area contributed by atoms with Gasteiger partial charge in [0.1, 0.15) is 5.76 Å². The van der Waals surface area contributed by atoms with E-state index in [1.165, 1.54) is 12.1 Å². The molecule has 0 saturated carbocycles. The van der Waals surface area contributed by atoms with Crippen molar-refractivity contribution in [3.8, 4) is 6.07 Å². The zero-order valence-corrected chi connectivity index (χ0v) is 17.1. The lowest BCUT2D eigenvalue weighted by Crippen LogP contribution is -2.49. The SMILES string of the molecule is N#Cc1ccc(N2C[C@@H]3C[C@H]2CN3[C@H]2C=C(c3cc4ncccc4c(=O)o3)CC2)cc1. The zero-order valence-electron chi connectivity index (χ0n) is 17.1. The number of hydrogen-bond acceptors (Lipinski definition) is 6. The van der Waals surface area contributed by atoms with Crippen molar-refractivity contribution in [3.05, 3.63) is 76.5 Å². The lowest BCUT2D eigenvalue weighted by molar-refractivity contribution is 0.196. The molecule has 0 radical (unpaired) electrons. The van der Waals surface area contributed by atoms with Crippen LogP contribution in [0.5, 0.6) is 0 Å². The van der Waals surface area contributed by atoms with E-state index in [2.05, 4.69) is 39.1 Å². The van der Waals surface area contributed by atoms with Crippen molar-refractivity contribution in [2.24, 2.45) is 0 Å². The fourth-order valence-corrected chi connectivity index (χ4v) is 5.49. The molecule has 154 valence electrons. The first-order valence-corrected chi connectivity index (χ1v) is 10.8. The molecule has 0 amide bonds. The van der Waals surface area contributed by atoms with Crippen LogP contribution < -0.4 is 10.5 Å². The van der Waals surface area contributed by atoms with Crippen molar-refractivity contribution in [2.45, 2.75) is 37.4 Å². The molecule has 3 aliphatic rings. The van der Waals surface area contributed by atoms with Crippen LogP contribution >= 0.6 is 0 Å². The van der Waals surface area contributed by atoms with Gasteiger partial charge in [0.05, 0.1) is 22.5 Å². The monoisotopic (exact) mass is 410 g/mol. The van der Waals surface area contributed by atoms with Crippen molar-refractivity contribution in [1.82, 2.24) is 9.88 Å². The lowest BCUT2D eigenvalue weighted by Gasteiger charge is -2.38. The molecule has 1 aromatic carbocycles. The molecule has 2 bridgehead atoms. The molecule has 0 spiro atoms. The van der Waals surface area contributed by atoms with Crippen molar-refractivity contribution in [1.29, 1.82) is 5.26 Å². The molecular formula is C25H22N4O2. The number of rotatable bonds is 3. The molecule has 2 saturated heterocycles. The summed E-state index contributed by atoms with van der Waals surface area (Å²) in [6, 6.07) is 17.0. The Kier molecular flexibility index (Phi) is 4.18. The highest BCUT2D eigenvalue weighted by Gasteiger charge is 2.46. The van der Waals surface area contributed by atoms with Gasteiger partial charge in [0.15, 0.2) is 0 Å². The van der Waals surface area contributed by atoms with Crippen molar-refractivity contribution in [3.63, 3.8) is 0 Å². The predicted octanol–water partition coefficient (Wildman–Crippen LogP) is 3.57. The standard InChI is InChI=1S/C25H22N4O2/c26-13-16-3-6-18(7-4-16)28-14-21-11-20(28)15-29(21)19-8-5-17(10-19)24-12-23-22(25(30)31-24)2-1-9-27-23/h1-4,6-7,9-10,12,19-21H,5,8,11,14-15H2/t19-,20+,21+/m1/s1. The summed E-state index contributed by atoms with van der Waals surface area (Å²) in [6.45, 7) is 2.06. The summed E-state index contributed by atoms with van der Waals surface area (Å²) in [6.07, 6.45) is 7.14. The number of likely N-dealkylation sites (tertiary alicyclic amines) is 1. The normalized spacial score (nSPS) is 25.2. The molecule has 2 aliphatic heterocycles. The minimum Gasteiger partial charge on any atom is -0.423 e. The van der Waals surface area contributed by atoms with Crippen molar-refractivity contribution >= 4 is 22.2 Å². The van der Waals surface area contributed by atoms with E-state index in [0.717, 1.165) is 31.5 Å². The van der Waals surface area contributed by atoms with E-state index in [1.807, 2.05) is 18.2 Å². The highest BCUT2D eigenvalue weighted by molar-refractivity contribution is 5.80. The summed E-state index contributed by atoms with van der Waals surface area (Å²) in [7, 11) is 0. The summed E-state index contributed by atoms with van der Waals surface area (Å²) < 4.78 is 5.63. The van der Waals surface area contributed by atoms with Gasteiger partial charge in [-0.15, -0.1) is 0 Å². The van der Waals surface area contributed by atoms with Crippen LogP contribution in [0.25, 0.3) is 16.5 Å². The molecule has 2 aromatic heterocycles. The van der Waals surface area contributed by atoms with Gasteiger partial charge < -0.3 is 9.32 Å². The second kappa shape index (κ2) is 7.07. The molecular weight excluding hydrogens is 388 g/mol. The Labute approximate surface area is 180 Å². The van der Waals surface area contributed by atoms with E-state index in [4.69, 9.17) is 9.68 Å². The first-order valence-electron chi connectivity index (χ1n) is 10.8. The maximum absolute atomic E-state index is 12.3. The van der Waals surface area contributed by atoms with Gasteiger partial charge in [-0.3, -0.25) is 9.88 Å². The van der Waals surface area contributed by atoms with Gasteiger partial charge >= 0.3 is 5.63 Å². The molecule has 1 aliphatic carbocycles. The number of fused-ring (bicyclic) bond motifs is 3. The van der Waals surface area contributed by atoms with Crippen LogP contribution in [0.4, 0.5) is 5.69 Å². The number of hydrogen-bond donors (Lipinski definition) is 0. The number of anilines is 1. The Bertz CT molecular complexity index is 1290. The molecule has 0 unspecified atom stereocenters. The van der Waals surface area contributed by atoms with Gasteiger partial charge in [0, 0.05) is 49.2 Å². The van der Waals surface area contributed by atoms with Crippen molar-refractivity contribution < 1.29 is 4.42 Å². The largest absolute Gasteiger partial charge is 0.423 e. The quantitative estimate of drug-likeness (QED) is 0.657. The third kappa shape index (κ3) is 3.05. The Morgan fingerprint density at radius 3 is 2.77 bits per heavy atom. The van der Waals surface area contributed by atoms with Crippen LogP contribution in [0.3, 0.4) is 0 Å². The van der Waals surface area contributed by atoms with Crippen LogP contribution in [0.1, 0.15) is 30.6 Å². The van der Waals surface area contributed by atoms with Gasteiger partial charge in [-0.25, -0.2) is 4.79 Å². The zero-order chi connectivity index (χ0) is 20.9. The van der Waals surface area contributed by atoms with Crippen LogP contribution in [0, 0.1) is 11.3 Å². The molecule has 6 nitrogen and oxygen atoms in total. The van der Waals surface area contributed by atoms with E-state index in [1.54, 1.807) is 18.3 Å². The lowest BCUT2D eigenvalue weighted by atomic mass is 10.1. The highest BCUT2D eigenvalue weighted by Crippen LogP contribution is 2.40. The second-order valence-corrected chi connectivity index (χ2v) is 8.68. The third-order valence-electron chi connectivity index (χ3n) is 6.99. The van der Waals surface area contributed by atoms with Gasteiger partial charge in [-0.1, -0.05) is 6.08 Å².